The van der Waals surface area contributed by atoms with Crippen LogP contribution in [0.3, 0.4) is 0 Å². The maximum Gasteiger partial charge on any atom is 0.155 e. The molecule has 3 saturated carbocycles. The summed E-state index contributed by atoms with van der Waals surface area (Å²) in [4.78, 5) is 24.6. The molecule has 0 unspecified atom stereocenters. The van der Waals surface area contributed by atoms with Crippen LogP contribution in [0.15, 0.2) is 11.6 Å². The predicted molar refractivity (Wildman–Crippen MR) is 96.9 cm³/mol. The van der Waals surface area contributed by atoms with Gasteiger partial charge in [-0.25, -0.2) is 0 Å². The van der Waals surface area contributed by atoms with Gasteiger partial charge in [0, 0.05) is 29.3 Å². The van der Waals surface area contributed by atoms with Crippen LogP contribution in [0.5, 0.6) is 0 Å². The van der Waals surface area contributed by atoms with Gasteiger partial charge < -0.3 is 0 Å². The lowest BCUT2D eigenvalue weighted by atomic mass is 9.46. The highest BCUT2D eigenvalue weighted by atomic mass is 32.2. The first-order valence-electron chi connectivity index (χ1n) is 9.92. The van der Waals surface area contributed by atoms with Crippen LogP contribution < -0.4 is 0 Å². The van der Waals surface area contributed by atoms with Crippen molar-refractivity contribution >= 4 is 23.3 Å². The maximum absolute atomic E-state index is 12.5. The Morgan fingerprint density at radius 3 is 2.71 bits per heavy atom. The lowest BCUT2D eigenvalue weighted by Gasteiger charge is -2.58. The summed E-state index contributed by atoms with van der Waals surface area (Å²) in [6, 6.07) is 0. The second-order valence-electron chi connectivity index (χ2n) is 9.29. The quantitative estimate of drug-likeness (QED) is 0.688. The highest BCUT2D eigenvalue weighted by Crippen LogP contribution is 2.66. The van der Waals surface area contributed by atoms with Crippen molar-refractivity contribution in [2.45, 2.75) is 70.0 Å². The van der Waals surface area contributed by atoms with Gasteiger partial charge in [-0.2, -0.15) is 11.8 Å². The van der Waals surface area contributed by atoms with Crippen LogP contribution in [0, 0.1) is 28.6 Å². The monoisotopic (exact) mass is 344 g/mol. The van der Waals surface area contributed by atoms with Gasteiger partial charge in [0.05, 0.1) is 0 Å². The average Bonchev–Trinajstić information content (AvgIpc) is 3.32. The van der Waals surface area contributed by atoms with E-state index < -0.39 is 0 Å². The first kappa shape index (κ1) is 15.7. The van der Waals surface area contributed by atoms with Gasteiger partial charge in [-0.1, -0.05) is 12.5 Å². The molecule has 1 heterocycles. The SMILES string of the molecule is C[C@]12CC[C@H]3[C@@H](CCC4=CC(=O)CC[C@@]43C[C@H]3CS3)[C@@H]1CCC2=O. The smallest absolute Gasteiger partial charge is 0.155 e. The van der Waals surface area contributed by atoms with E-state index >= 15 is 0 Å². The van der Waals surface area contributed by atoms with Gasteiger partial charge in [0.15, 0.2) is 5.78 Å². The fraction of sp³-hybridized carbons (Fsp3) is 0.810. The summed E-state index contributed by atoms with van der Waals surface area (Å²) >= 11 is 2.11. The molecule has 24 heavy (non-hydrogen) atoms. The molecule has 4 fully saturated rings. The van der Waals surface area contributed by atoms with Crippen molar-refractivity contribution in [2.24, 2.45) is 28.6 Å². The predicted octanol–water partition coefficient (Wildman–Crippen LogP) is 4.57. The third-order valence-electron chi connectivity index (χ3n) is 8.39. The Morgan fingerprint density at radius 2 is 1.92 bits per heavy atom. The molecule has 0 amide bonds. The fourth-order valence-electron chi connectivity index (χ4n) is 7.11. The van der Waals surface area contributed by atoms with Crippen molar-refractivity contribution in [1.82, 2.24) is 0 Å². The Labute approximate surface area is 149 Å². The summed E-state index contributed by atoms with van der Waals surface area (Å²) < 4.78 is 0. The van der Waals surface area contributed by atoms with Gasteiger partial charge >= 0.3 is 0 Å². The van der Waals surface area contributed by atoms with Crippen LogP contribution in [0.25, 0.3) is 0 Å². The molecule has 0 aromatic carbocycles. The summed E-state index contributed by atoms with van der Waals surface area (Å²) in [5.74, 6) is 4.30. The number of allylic oxidation sites excluding steroid dienone is 1. The van der Waals surface area contributed by atoms with Crippen LogP contribution in [-0.4, -0.2) is 22.6 Å². The highest BCUT2D eigenvalue weighted by Gasteiger charge is 2.60. The van der Waals surface area contributed by atoms with Crippen LogP contribution in [0.4, 0.5) is 0 Å². The summed E-state index contributed by atoms with van der Waals surface area (Å²) in [6.45, 7) is 2.27. The summed E-state index contributed by atoms with van der Waals surface area (Å²) in [7, 11) is 0. The average molecular weight is 345 g/mol. The Kier molecular flexibility index (Phi) is 3.41. The second kappa shape index (κ2) is 5.22. The minimum atomic E-state index is -0.0254. The Hall–Kier alpha value is -0.570. The molecular weight excluding hydrogens is 316 g/mol. The van der Waals surface area contributed by atoms with Gasteiger partial charge in [0.25, 0.3) is 0 Å². The number of fused-ring (bicyclic) bond motifs is 5. The maximum atomic E-state index is 12.5. The summed E-state index contributed by atoms with van der Waals surface area (Å²) in [5, 5.41) is 0.832. The summed E-state index contributed by atoms with van der Waals surface area (Å²) in [5.41, 5.74) is 1.78. The molecule has 1 aliphatic heterocycles. The van der Waals surface area contributed by atoms with Crippen molar-refractivity contribution in [3.05, 3.63) is 11.6 Å². The Morgan fingerprint density at radius 1 is 1.08 bits per heavy atom. The van der Waals surface area contributed by atoms with Gasteiger partial charge in [-0.15, -0.1) is 0 Å². The molecule has 0 spiro atoms. The van der Waals surface area contributed by atoms with Crippen LogP contribution in [0.1, 0.15) is 64.7 Å². The largest absolute Gasteiger partial charge is 0.299 e. The molecule has 0 aromatic heterocycles. The standard InChI is InChI=1S/C21H28O2S/c1-20-8-7-18-16(17(20)4-5-19(20)23)3-2-13-10-14(22)6-9-21(13,18)11-15-12-24-15/h10,15-18H,2-9,11-12H2,1H3/t15-,16-,17-,18-,20-,21+/m0/s1. The first-order valence-corrected chi connectivity index (χ1v) is 11.0. The van der Waals surface area contributed by atoms with Crippen molar-refractivity contribution < 1.29 is 9.59 Å². The van der Waals surface area contributed by atoms with Gasteiger partial charge in [-0.3, -0.25) is 9.59 Å². The minimum Gasteiger partial charge on any atom is -0.299 e. The van der Waals surface area contributed by atoms with E-state index in [2.05, 4.69) is 18.7 Å². The molecule has 5 rings (SSSR count). The topological polar surface area (TPSA) is 34.1 Å². The number of hydrogen-bond donors (Lipinski definition) is 0. The van der Waals surface area contributed by atoms with E-state index in [-0.39, 0.29) is 5.41 Å². The van der Waals surface area contributed by atoms with Crippen molar-refractivity contribution in [1.29, 1.82) is 0 Å². The number of carbonyl (C=O) groups is 2. The third kappa shape index (κ3) is 2.09. The number of carbonyl (C=O) groups excluding carboxylic acids is 2. The molecule has 6 atom stereocenters. The molecule has 5 aliphatic rings. The summed E-state index contributed by atoms with van der Waals surface area (Å²) in [6.07, 6.45) is 11.8. The minimum absolute atomic E-state index is 0.0254. The number of hydrogen-bond acceptors (Lipinski definition) is 3. The van der Waals surface area contributed by atoms with Gasteiger partial charge in [-0.05, 0) is 74.2 Å². The van der Waals surface area contributed by atoms with Gasteiger partial charge in [0.1, 0.15) is 5.78 Å². The van der Waals surface area contributed by atoms with Crippen molar-refractivity contribution in [3.63, 3.8) is 0 Å². The molecule has 2 nitrogen and oxygen atoms in total. The molecular formula is C21H28O2S. The number of rotatable bonds is 2. The van der Waals surface area contributed by atoms with E-state index in [1.807, 2.05) is 6.08 Å². The molecule has 3 heteroatoms. The van der Waals surface area contributed by atoms with E-state index in [1.165, 1.54) is 30.6 Å². The third-order valence-corrected chi connectivity index (χ3v) is 9.36. The van der Waals surface area contributed by atoms with Crippen LogP contribution in [0.2, 0.25) is 0 Å². The normalized spacial score (nSPS) is 50.0. The Bertz CT molecular complexity index is 634. The molecule has 4 aliphatic carbocycles. The zero-order valence-corrected chi connectivity index (χ0v) is 15.5. The number of ketones is 2. The number of Topliss-reactive ketones (excluding diaryl/α,β-unsaturated/α-hetero) is 1. The van der Waals surface area contributed by atoms with Crippen LogP contribution in [-0.2, 0) is 9.59 Å². The Balaban J connectivity index is 1.54. The van der Waals surface area contributed by atoms with E-state index in [4.69, 9.17) is 0 Å². The van der Waals surface area contributed by atoms with E-state index in [9.17, 15) is 9.59 Å². The fourth-order valence-corrected chi connectivity index (χ4v) is 7.78. The number of thioether (sulfide) groups is 1. The zero-order chi connectivity index (χ0) is 16.5. The van der Waals surface area contributed by atoms with E-state index in [0.717, 1.165) is 55.6 Å². The highest BCUT2D eigenvalue weighted by molar-refractivity contribution is 8.06. The van der Waals surface area contributed by atoms with Gasteiger partial charge in [0.2, 0.25) is 0 Å². The van der Waals surface area contributed by atoms with Crippen molar-refractivity contribution in [3.8, 4) is 0 Å². The lowest BCUT2D eigenvalue weighted by Crippen LogP contribution is -2.52. The molecule has 0 bridgehead atoms. The first-order chi connectivity index (χ1) is 11.5. The van der Waals surface area contributed by atoms with E-state index in [1.54, 1.807) is 0 Å². The van der Waals surface area contributed by atoms with E-state index in [0.29, 0.717) is 22.9 Å². The zero-order valence-electron chi connectivity index (χ0n) is 14.7. The molecule has 1 saturated heterocycles. The van der Waals surface area contributed by atoms with Crippen molar-refractivity contribution in [2.75, 3.05) is 5.75 Å². The molecule has 0 radical (unpaired) electrons. The molecule has 130 valence electrons. The lowest BCUT2D eigenvalue weighted by molar-refractivity contribution is -0.133. The second-order valence-corrected chi connectivity index (χ2v) is 10.6. The molecule has 0 aromatic rings. The van der Waals surface area contributed by atoms with Crippen LogP contribution >= 0.6 is 11.8 Å². The molecule has 0 N–H and O–H groups in total.